The molecule has 0 aliphatic carbocycles. The monoisotopic (exact) mass is 370 g/mol. The van der Waals surface area contributed by atoms with Gasteiger partial charge in [0.25, 0.3) is 0 Å². The highest BCUT2D eigenvalue weighted by atomic mass is 16.4. The third-order valence-electron chi connectivity index (χ3n) is 5.06. The normalized spacial score (nSPS) is 22.0. The standard InChI is InChI=1S/2C7H15N2.C4H6O4/c2*1-6-5-8(3)7(2)9(6)4;5-3(6)1-2-4(7)8/h2*6H,5H2,1-4H3;1-2H2,(H,5,6)(H,7,8)/q2*+1;/p-2. The van der Waals surface area contributed by atoms with Gasteiger partial charge in [-0.05, 0) is 26.7 Å². The van der Waals surface area contributed by atoms with Crippen molar-refractivity contribution in [2.24, 2.45) is 0 Å². The van der Waals surface area contributed by atoms with Gasteiger partial charge < -0.3 is 19.8 Å². The Morgan fingerprint density at radius 1 is 0.885 bits per heavy atom. The lowest BCUT2D eigenvalue weighted by Crippen LogP contribution is -2.27. The lowest BCUT2D eigenvalue weighted by atomic mass is 10.3. The summed E-state index contributed by atoms with van der Waals surface area (Å²) in [6.07, 6.45) is -0.940. The molecule has 26 heavy (non-hydrogen) atoms. The molecule has 2 aliphatic heterocycles. The van der Waals surface area contributed by atoms with Crippen LogP contribution in [0.4, 0.5) is 0 Å². The minimum absolute atomic E-state index is 0.470. The van der Waals surface area contributed by atoms with Crippen LogP contribution in [0.15, 0.2) is 0 Å². The second-order valence-electron chi connectivity index (χ2n) is 7.02. The first-order chi connectivity index (χ1) is 11.9. The summed E-state index contributed by atoms with van der Waals surface area (Å²) >= 11 is 0. The number of carbonyl (C=O) groups is 2. The minimum Gasteiger partial charge on any atom is -0.550 e. The summed E-state index contributed by atoms with van der Waals surface area (Å²) in [5, 5.41) is 19.0. The van der Waals surface area contributed by atoms with Gasteiger partial charge in [-0.15, -0.1) is 0 Å². The Hall–Kier alpha value is -2.12. The Bertz CT molecular complexity index is 490. The van der Waals surface area contributed by atoms with Crippen LogP contribution < -0.4 is 10.2 Å². The van der Waals surface area contributed by atoms with Crippen LogP contribution in [-0.2, 0) is 9.59 Å². The van der Waals surface area contributed by atoms with Crippen LogP contribution in [0.2, 0.25) is 0 Å². The van der Waals surface area contributed by atoms with Crippen molar-refractivity contribution < 1.29 is 29.0 Å². The maximum Gasteiger partial charge on any atom is 0.243 e. The fourth-order valence-corrected chi connectivity index (χ4v) is 2.68. The van der Waals surface area contributed by atoms with Gasteiger partial charge in [0.05, 0.1) is 28.2 Å². The van der Waals surface area contributed by atoms with E-state index >= 15 is 0 Å². The highest BCUT2D eigenvalue weighted by molar-refractivity contribution is 5.75. The molecule has 0 spiro atoms. The summed E-state index contributed by atoms with van der Waals surface area (Å²) in [7, 11) is 8.55. The quantitative estimate of drug-likeness (QED) is 0.535. The first-order valence-electron chi connectivity index (χ1n) is 8.83. The zero-order valence-electron chi connectivity index (χ0n) is 17.4. The summed E-state index contributed by atoms with van der Waals surface area (Å²) in [5.74, 6) is 0.0217. The van der Waals surface area contributed by atoms with Crippen LogP contribution in [0.1, 0.15) is 40.5 Å². The average Bonchev–Trinajstić information content (AvgIpc) is 2.91. The molecular weight excluding hydrogens is 336 g/mol. The van der Waals surface area contributed by atoms with Gasteiger partial charge in [0.15, 0.2) is 0 Å². The number of likely N-dealkylation sites (N-methyl/N-ethyl adjacent to an activating group) is 4. The van der Waals surface area contributed by atoms with E-state index in [-0.39, 0.29) is 0 Å². The molecule has 0 fully saturated rings. The van der Waals surface area contributed by atoms with E-state index in [1.54, 1.807) is 0 Å². The molecule has 0 aromatic heterocycles. The summed E-state index contributed by atoms with van der Waals surface area (Å²) < 4.78 is 4.61. The fraction of sp³-hybridized carbons (Fsp3) is 0.778. The number of carbonyl (C=O) groups excluding carboxylic acids is 2. The van der Waals surface area contributed by atoms with Crippen LogP contribution in [0.25, 0.3) is 0 Å². The molecule has 8 heteroatoms. The number of hydrogen-bond acceptors (Lipinski definition) is 6. The number of hydrogen-bond donors (Lipinski definition) is 0. The molecule has 2 atom stereocenters. The van der Waals surface area contributed by atoms with Gasteiger partial charge in [-0.2, -0.15) is 0 Å². The molecule has 0 bridgehead atoms. The molecule has 0 aromatic carbocycles. The van der Waals surface area contributed by atoms with Crippen LogP contribution in [0, 0.1) is 0 Å². The summed E-state index contributed by atoms with van der Waals surface area (Å²) in [5.41, 5.74) is 0. The van der Waals surface area contributed by atoms with E-state index in [4.69, 9.17) is 0 Å². The first-order valence-corrected chi connectivity index (χ1v) is 8.83. The van der Waals surface area contributed by atoms with E-state index in [1.807, 2.05) is 0 Å². The highest BCUT2D eigenvalue weighted by Gasteiger charge is 2.27. The molecule has 2 unspecified atom stereocenters. The Balaban J connectivity index is 0.000000362. The van der Waals surface area contributed by atoms with E-state index in [2.05, 4.69) is 74.8 Å². The van der Waals surface area contributed by atoms with Crippen LogP contribution in [0.5, 0.6) is 0 Å². The van der Waals surface area contributed by atoms with Crippen LogP contribution in [-0.4, -0.2) is 95.9 Å². The van der Waals surface area contributed by atoms with Crippen molar-refractivity contribution >= 4 is 23.6 Å². The van der Waals surface area contributed by atoms with Crippen molar-refractivity contribution in [2.45, 2.75) is 52.6 Å². The molecule has 0 radical (unpaired) electrons. The topological polar surface area (TPSA) is 92.8 Å². The second kappa shape index (κ2) is 10.8. The maximum absolute atomic E-state index is 9.50. The molecule has 0 amide bonds. The number of rotatable bonds is 3. The zero-order valence-corrected chi connectivity index (χ0v) is 17.4. The number of aliphatic carboxylic acids is 2. The van der Waals surface area contributed by atoms with Gasteiger partial charge in [0.2, 0.25) is 11.7 Å². The molecule has 8 nitrogen and oxygen atoms in total. The van der Waals surface area contributed by atoms with Crippen LogP contribution >= 0.6 is 0 Å². The molecule has 2 aliphatic rings. The van der Waals surface area contributed by atoms with Crippen molar-refractivity contribution in [3.05, 3.63) is 0 Å². The maximum atomic E-state index is 9.50. The van der Waals surface area contributed by atoms with Gasteiger partial charge in [-0.3, -0.25) is 19.0 Å². The summed E-state index contributed by atoms with van der Waals surface area (Å²) in [4.78, 5) is 23.6. The lowest BCUT2D eigenvalue weighted by Gasteiger charge is -2.00. The smallest absolute Gasteiger partial charge is 0.243 e. The molecule has 0 aromatic rings. The molecule has 2 rings (SSSR count). The number of carboxylic acid groups (broad SMARTS) is 2. The summed E-state index contributed by atoms with van der Waals surface area (Å²) in [6.45, 7) is 11.1. The Labute approximate surface area is 157 Å². The molecule has 150 valence electrons. The molecule has 2 heterocycles. The third-order valence-corrected chi connectivity index (χ3v) is 5.06. The molecule has 0 saturated carbocycles. The zero-order chi connectivity index (χ0) is 20.6. The van der Waals surface area contributed by atoms with Gasteiger partial charge in [0.1, 0.15) is 25.2 Å². The number of carboxylic acids is 2. The average molecular weight is 370 g/mol. The number of nitrogens with zero attached hydrogens (tertiary/aromatic N) is 4. The highest BCUT2D eigenvalue weighted by Crippen LogP contribution is 2.03. The van der Waals surface area contributed by atoms with Gasteiger partial charge in [-0.25, -0.2) is 0 Å². The van der Waals surface area contributed by atoms with Gasteiger partial charge >= 0.3 is 0 Å². The van der Waals surface area contributed by atoms with Crippen molar-refractivity contribution in [2.75, 3.05) is 41.3 Å². The van der Waals surface area contributed by atoms with Crippen molar-refractivity contribution in [1.82, 2.24) is 9.80 Å². The predicted molar refractivity (Wildman–Crippen MR) is 97.2 cm³/mol. The fourth-order valence-electron chi connectivity index (χ4n) is 2.68. The van der Waals surface area contributed by atoms with E-state index < -0.39 is 24.8 Å². The third kappa shape index (κ3) is 7.84. The Kier molecular flexibility index (Phi) is 9.90. The van der Waals surface area contributed by atoms with Crippen LogP contribution in [0.3, 0.4) is 0 Å². The summed E-state index contributed by atoms with van der Waals surface area (Å²) in [6, 6.07) is 1.38. The SMILES string of the molecule is CC1=[N+](C)C(C)CN1C.CC1=[N+](C)C(C)CN1C.O=C([O-])CCC(=O)[O-]. The molecule has 0 N–H and O–H groups in total. The predicted octanol–water partition coefficient (Wildman–Crippen LogP) is -1.97. The Morgan fingerprint density at radius 3 is 1.23 bits per heavy atom. The van der Waals surface area contributed by atoms with E-state index in [9.17, 15) is 19.8 Å². The lowest BCUT2D eigenvalue weighted by molar-refractivity contribution is -0.523. The largest absolute Gasteiger partial charge is 0.550 e. The Morgan fingerprint density at radius 2 is 1.15 bits per heavy atom. The van der Waals surface area contributed by atoms with Gasteiger partial charge in [-0.1, -0.05) is 0 Å². The van der Waals surface area contributed by atoms with E-state index in [0.717, 1.165) is 0 Å². The van der Waals surface area contributed by atoms with Crippen molar-refractivity contribution in [3.63, 3.8) is 0 Å². The van der Waals surface area contributed by atoms with Crippen molar-refractivity contribution in [1.29, 1.82) is 0 Å². The van der Waals surface area contributed by atoms with E-state index in [0.29, 0.717) is 12.1 Å². The van der Waals surface area contributed by atoms with Gasteiger partial charge in [0, 0.05) is 25.8 Å². The minimum atomic E-state index is -1.37. The second-order valence-corrected chi connectivity index (χ2v) is 7.02. The van der Waals surface area contributed by atoms with Crippen molar-refractivity contribution in [3.8, 4) is 0 Å². The molecule has 0 saturated heterocycles. The molecular formula is C18H34N4O4. The number of amidine groups is 2. The first kappa shape index (κ1) is 23.9. The van der Waals surface area contributed by atoms with E-state index in [1.165, 1.54) is 24.8 Å².